The summed E-state index contributed by atoms with van der Waals surface area (Å²) in [6.07, 6.45) is 1.64. The van der Waals surface area contributed by atoms with Crippen LogP contribution in [0.1, 0.15) is 71.4 Å². The van der Waals surface area contributed by atoms with Crippen LogP contribution in [0.2, 0.25) is 0 Å². The number of anilines is 2. The third-order valence-corrected chi connectivity index (χ3v) is 6.74. The first-order valence-corrected chi connectivity index (χ1v) is 13.8. The van der Waals surface area contributed by atoms with Gasteiger partial charge in [0, 0.05) is 56.5 Å². The van der Waals surface area contributed by atoms with Crippen molar-refractivity contribution < 1.29 is 38.6 Å². The van der Waals surface area contributed by atoms with E-state index in [1.54, 1.807) is 27.7 Å². The molecule has 0 saturated carbocycles. The third-order valence-electron chi connectivity index (χ3n) is 6.74. The molecule has 0 saturated heterocycles. The summed E-state index contributed by atoms with van der Waals surface area (Å²) in [5, 5.41) is 21.0. The fraction of sp³-hybridized carbons (Fsp3) is 0.786. The van der Waals surface area contributed by atoms with Crippen LogP contribution in [-0.4, -0.2) is 87.1 Å². The highest BCUT2D eigenvalue weighted by molar-refractivity contribution is 5.67. The van der Waals surface area contributed by atoms with Gasteiger partial charge in [0.25, 0.3) is 0 Å². The number of nitrogen functional groups attached to an aromatic ring is 1. The zero-order chi connectivity index (χ0) is 28.4. The second-order valence-electron chi connectivity index (χ2n) is 10.2. The van der Waals surface area contributed by atoms with Gasteiger partial charge < -0.3 is 49.3 Å². The number of benzene rings is 1. The summed E-state index contributed by atoms with van der Waals surface area (Å²) in [6.45, 7) is 16.2. The van der Waals surface area contributed by atoms with Crippen molar-refractivity contribution in [2.45, 2.75) is 84.7 Å². The van der Waals surface area contributed by atoms with Gasteiger partial charge in [-0.05, 0) is 90.5 Å². The Morgan fingerprint density at radius 1 is 0.895 bits per heavy atom. The van der Waals surface area contributed by atoms with Gasteiger partial charge in [-0.3, -0.25) is 0 Å². The van der Waals surface area contributed by atoms with E-state index in [1.165, 1.54) is 5.56 Å². The minimum atomic E-state index is -1.74. The molecular formula is C28H50N2O8. The summed E-state index contributed by atoms with van der Waals surface area (Å²) in [4.78, 5) is 2.34. The number of rotatable bonds is 18. The molecule has 1 aliphatic heterocycles. The Hall–Kier alpha value is -1.50. The van der Waals surface area contributed by atoms with Crippen molar-refractivity contribution >= 4 is 11.4 Å². The first-order chi connectivity index (χ1) is 17.9. The number of fused-ring (bicyclic) bond motifs is 1. The molecule has 0 amide bonds. The lowest BCUT2D eigenvalue weighted by Crippen LogP contribution is -2.50. The Morgan fingerprint density at radius 2 is 1.39 bits per heavy atom. The van der Waals surface area contributed by atoms with Crippen molar-refractivity contribution in [3.8, 4) is 0 Å². The molecule has 10 heteroatoms. The fourth-order valence-corrected chi connectivity index (χ4v) is 5.05. The number of aliphatic hydroxyl groups is 2. The number of nitrogens with two attached hydrogens (primary N) is 1. The summed E-state index contributed by atoms with van der Waals surface area (Å²) in [6, 6.07) is 4.21. The van der Waals surface area contributed by atoms with E-state index in [0.717, 1.165) is 29.8 Å². The van der Waals surface area contributed by atoms with Gasteiger partial charge in [0.05, 0.1) is 6.61 Å². The highest BCUT2D eigenvalue weighted by Crippen LogP contribution is 2.46. The zero-order valence-electron chi connectivity index (χ0n) is 24.4. The number of aryl methyl sites for hydroxylation is 1. The Kier molecular flexibility index (Phi) is 12.7. The Bertz CT molecular complexity index is 838. The largest absolute Gasteiger partial charge is 0.399 e. The van der Waals surface area contributed by atoms with E-state index in [4.69, 9.17) is 34.2 Å². The van der Waals surface area contributed by atoms with Gasteiger partial charge in [-0.1, -0.05) is 0 Å². The van der Waals surface area contributed by atoms with Gasteiger partial charge >= 0.3 is 11.9 Å². The summed E-state index contributed by atoms with van der Waals surface area (Å²) in [5.74, 6) is -3.26. The van der Waals surface area contributed by atoms with E-state index < -0.39 is 11.9 Å². The van der Waals surface area contributed by atoms with Gasteiger partial charge in [0.2, 0.25) is 0 Å². The van der Waals surface area contributed by atoms with Gasteiger partial charge in [0.15, 0.2) is 0 Å². The third kappa shape index (κ3) is 9.02. The van der Waals surface area contributed by atoms with Crippen LogP contribution < -0.4 is 10.6 Å². The predicted molar refractivity (Wildman–Crippen MR) is 147 cm³/mol. The van der Waals surface area contributed by atoms with Crippen LogP contribution in [0.15, 0.2) is 12.1 Å². The molecule has 1 aromatic rings. The van der Waals surface area contributed by atoms with Crippen molar-refractivity contribution in [1.29, 1.82) is 0 Å². The molecular weight excluding hydrogens is 492 g/mol. The van der Waals surface area contributed by atoms with Crippen molar-refractivity contribution in [1.82, 2.24) is 0 Å². The Balaban J connectivity index is 2.10. The maximum absolute atomic E-state index is 10.5. The number of hydrogen-bond acceptors (Lipinski definition) is 10. The van der Waals surface area contributed by atoms with E-state index >= 15 is 0 Å². The molecule has 0 bridgehead atoms. The monoisotopic (exact) mass is 542 g/mol. The molecule has 0 fully saturated rings. The first kappa shape index (κ1) is 32.7. The van der Waals surface area contributed by atoms with E-state index in [9.17, 15) is 10.2 Å². The average molecular weight is 543 g/mol. The molecule has 220 valence electrons. The molecule has 0 aliphatic carbocycles. The molecule has 1 aromatic carbocycles. The quantitative estimate of drug-likeness (QED) is 0.144. The minimum absolute atomic E-state index is 0.0625. The fourth-order valence-electron chi connectivity index (χ4n) is 5.05. The van der Waals surface area contributed by atoms with Gasteiger partial charge in [-0.15, -0.1) is 0 Å². The second kappa shape index (κ2) is 14.8. The lowest BCUT2D eigenvalue weighted by molar-refractivity contribution is -0.373. The van der Waals surface area contributed by atoms with Crippen LogP contribution in [-0.2, 0) is 28.4 Å². The number of ether oxygens (including phenoxy) is 6. The van der Waals surface area contributed by atoms with Crippen molar-refractivity contribution in [3.63, 3.8) is 0 Å². The van der Waals surface area contributed by atoms with Crippen LogP contribution in [0, 0.1) is 6.92 Å². The highest BCUT2D eigenvalue weighted by atomic mass is 16.8. The molecule has 0 spiro atoms. The molecule has 4 N–H and O–H groups in total. The highest BCUT2D eigenvalue weighted by Gasteiger charge is 2.38. The summed E-state index contributed by atoms with van der Waals surface area (Å²) in [5.41, 5.74) is 10.2. The summed E-state index contributed by atoms with van der Waals surface area (Å²) >= 11 is 0. The first-order valence-electron chi connectivity index (χ1n) is 13.8. The van der Waals surface area contributed by atoms with Crippen LogP contribution in [0.3, 0.4) is 0 Å². The summed E-state index contributed by atoms with van der Waals surface area (Å²) in [7, 11) is 0. The maximum atomic E-state index is 10.5. The van der Waals surface area contributed by atoms with Gasteiger partial charge in [-0.2, -0.15) is 0 Å². The standard InChI is InChI=1S/C28H50N2O8/c1-8-35-27(31,36-9-2)19-33-14-12-22-18-26(6,7)30(25-16-21(5)24(29)17-23(22)25)13-15-34-20-28(32,37-10-3)38-11-4/h16-17,22,31-32H,8-15,18-20,29H2,1-7H3. The molecule has 10 nitrogen and oxygen atoms in total. The maximum Gasteiger partial charge on any atom is 0.305 e. The van der Waals surface area contributed by atoms with E-state index in [2.05, 4.69) is 30.9 Å². The van der Waals surface area contributed by atoms with Crippen molar-refractivity contribution in [2.75, 3.05) is 70.0 Å². The van der Waals surface area contributed by atoms with Crippen LogP contribution >= 0.6 is 0 Å². The molecule has 2 rings (SSSR count). The van der Waals surface area contributed by atoms with Crippen LogP contribution in [0.5, 0.6) is 0 Å². The normalized spacial score (nSPS) is 17.6. The van der Waals surface area contributed by atoms with E-state index in [-0.39, 0.29) is 24.7 Å². The van der Waals surface area contributed by atoms with Gasteiger partial charge in [0.1, 0.15) is 13.2 Å². The van der Waals surface area contributed by atoms with Crippen LogP contribution in [0.4, 0.5) is 11.4 Å². The molecule has 38 heavy (non-hydrogen) atoms. The SMILES string of the molecule is CCOC(O)(COCCC1CC(C)(C)N(CCOCC(O)(OCC)OCC)c2cc(C)c(N)cc21)OCC. The van der Waals surface area contributed by atoms with Crippen LogP contribution in [0.25, 0.3) is 0 Å². The predicted octanol–water partition coefficient (Wildman–Crippen LogP) is 3.51. The van der Waals surface area contributed by atoms with E-state index in [0.29, 0.717) is 46.2 Å². The second-order valence-corrected chi connectivity index (χ2v) is 10.2. The topological polar surface area (TPSA) is 125 Å². The number of hydrogen-bond donors (Lipinski definition) is 3. The Labute approximate surface area is 228 Å². The lowest BCUT2D eigenvalue weighted by atomic mass is 9.77. The minimum Gasteiger partial charge on any atom is -0.399 e. The van der Waals surface area contributed by atoms with E-state index in [1.807, 2.05) is 6.92 Å². The van der Waals surface area contributed by atoms with Crippen molar-refractivity contribution in [2.24, 2.45) is 0 Å². The molecule has 1 unspecified atom stereocenters. The lowest BCUT2D eigenvalue weighted by Gasteiger charge is -2.48. The summed E-state index contributed by atoms with van der Waals surface area (Å²) < 4.78 is 33.0. The molecule has 1 heterocycles. The van der Waals surface area contributed by atoms with Crippen molar-refractivity contribution in [3.05, 3.63) is 23.3 Å². The smallest absolute Gasteiger partial charge is 0.305 e. The molecule has 1 aliphatic rings. The number of nitrogens with zero attached hydrogens (tertiary/aromatic N) is 1. The zero-order valence-corrected chi connectivity index (χ0v) is 24.4. The average Bonchev–Trinajstić information content (AvgIpc) is 2.82. The molecule has 0 radical (unpaired) electrons. The molecule has 0 aromatic heterocycles. The Morgan fingerprint density at radius 3 is 1.89 bits per heavy atom. The van der Waals surface area contributed by atoms with Gasteiger partial charge in [-0.25, -0.2) is 0 Å². The molecule has 1 atom stereocenters.